The van der Waals surface area contributed by atoms with Crippen molar-refractivity contribution in [2.75, 3.05) is 0 Å². The quantitative estimate of drug-likeness (QED) is 0.907. The molecule has 112 valence electrons. The van der Waals surface area contributed by atoms with E-state index in [-0.39, 0.29) is 23.4 Å². The average Bonchev–Trinajstić information content (AvgIpc) is 3.06. The maximum atomic E-state index is 13.2. The van der Waals surface area contributed by atoms with E-state index in [9.17, 15) is 9.18 Å². The minimum Gasteiger partial charge on any atom is -0.318 e. The van der Waals surface area contributed by atoms with Crippen LogP contribution in [0.15, 0.2) is 24.3 Å². The number of amides is 1. The van der Waals surface area contributed by atoms with Crippen LogP contribution in [0.5, 0.6) is 0 Å². The lowest BCUT2D eigenvalue weighted by molar-refractivity contribution is -0.133. The van der Waals surface area contributed by atoms with Crippen LogP contribution in [0.4, 0.5) is 4.39 Å². The molecule has 2 aliphatic carbocycles. The number of nitrogens with one attached hydrogen (secondary N) is 1. The van der Waals surface area contributed by atoms with Crippen molar-refractivity contribution < 1.29 is 9.18 Å². The monoisotopic (exact) mass is 288 g/mol. The molecule has 3 fully saturated rings. The minimum atomic E-state index is -0.318. The Balaban J connectivity index is 1.70. The highest BCUT2D eigenvalue weighted by molar-refractivity contribution is 5.92. The normalized spacial score (nSPS) is 33.9. The zero-order chi connectivity index (χ0) is 14.6. The molecular weight excluding hydrogens is 267 g/mol. The van der Waals surface area contributed by atoms with Crippen LogP contribution >= 0.6 is 0 Å². The lowest BCUT2D eigenvalue weighted by Crippen LogP contribution is -2.41. The van der Waals surface area contributed by atoms with Crippen LogP contribution in [0, 0.1) is 11.7 Å². The van der Waals surface area contributed by atoms with Gasteiger partial charge in [0, 0.05) is 6.04 Å². The van der Waals surface area contributed by atoms with Gasteiger partial charge in [-0.3, -0.25) is 10.1 Å². The number of hydrogen-bond donors (Lipinski definition) is 1. The first-order valence-electron chi connectivity index (χ1n) is 7.97. The summed E-state index contributed by atoms with van der Waals surface area (Å²) in [5, 5.41) is 3.53. The summed E-state index contributed by atoms with van der Waals surface area (Å²) in [6, 6.07) is 6.88. The number of nitrogens with zero attached hydrogens (tertiary/aromatic N) is 1. The topological polar surface area (TPSA) is 32.3 Å². The summed E-state index contributed by atoms with van der Waals surface area (Å²) in [6.07, 6.45) is 5.24. The van der Waals surface area contributed by atoms with Crippen LogP contribution in [0.3, 0.4) is 0 Å². The summed E-state index contributed by atoms with van der Waals surface area (Å²) in [6.45, 7) is 2.24. The van der Waals surface area contributed by atoms with Crippen molar-refractivity contribution in [3.8, 4) is 0 Å². The maximum Gasteiger partial charge on any atom is 0.244 e. The molecule has 1 heterocycles. The van der Waals surface area contributed by atoms with Gasteiger partial charge in [-0.25, -0.2) is 4.39 Å². The Morgan fingerprint density at radius 3 is 2.52 bits per heavy atom. The molecule has 21 heavy (non-hydrogen) atoms. The van der Waals surface area contributed by atoms with E-state index in [0.717, 1.165) is 24.8 Å². The van der Waals surface area contributed by atoms with E-state index in [1.54, 1.807) is 12.1 Å². The van der Waals surface area contributed by atoms with Crippen LogP contribution in [-0.2, 0) is 4.79 Å². The van der Waals surface area contributed by atoms with Crippen LogP contribution < -0.4 is 5.32 Å². The molecule has 1 aromatic carbocycles. The second-order valence-corrected chi connectivity index (χ2v) is 6.87. The fourth-order valence-electron chi connectivity index (χ4n) is 4.01. The van der Waals surface area contributed by atoms with E-state index < -0.39 is 0 Å². The Hall–Kier alpha value is -1.42. The molecule has 3 nitrogen and oxygen atoms in total. The number of benzene rings is 1. The molecule has 4 rings (SSSR count). The molecule has 0 radical (unpaired) electrons. The molecule has 0 bridgehead atoms. The van der Waals surface area contributed by atoms with Crippen molar-refractivity contribution in [1.29, 1.82) is 0 Å². The number of carbonyl (C=O) groups is 1. The van der Waals surface area contributed by atoms with E-state index >= 15 is 0 Å². The smallest absolute Gasteiger partial charge is 0.244 e. The number of rotatable bonds is 2. The Kier molecular flexibility index (Phi) is 2.86. The highest BCUT2D eigenvalue weighted by Crippen LogP contribution is 2.49. The lowest BCUT2D eigenvalue weighted by atomic mass is 10.0. The number of halogens is 1. The third-order valence-corrected chi connectivity index (χ3v) is 5.44. The summed E-state index contributed by atoms with van der Waals surface area (Å²) < 4.78 is 13.2. The fourth-order valence-corrected chi connectivity index (χ4v) is 4.01. The van der Waals surface area contributed by atoms with E-state index in [1.165, 1.54) is 25.0 Å². The first-order chi connectivity index (χ1) is 10.1. The number of hydrogen-bond acceptors (Lipinski definition) is 2. The van der Waals surface area contributed by atoms with Gasteiger partial charge in [0.05, 0.1) is 0 Å². The lowest BCUT2D eigenvalue weighted by Gasteiger charge is -2.33. The molecule has 3 unspecified atom stereocenters. The van der Waals surface area contributed by atoms with Crippen molar-refractivity contribution >= 4 is 5.91 Å². The standard InChI is InChI=1S/C17H21FN2O/c1-11-3-2-4-14(11)20-15(12-5-7-13(18)8-6-12)19-17(9-10-17)16(20)21/h5-8,11,14-15,19H,2-4,9-10H2,1H3. The molecule has 1 saturated heterocycles. The van der Waals surface area contributed by atoms with Gasteiger partial charge in [0.15, 0.2) is 0 Å². The zero-order valence-corrected chi connectivity index (χ0v) is 12.3. The van der Waals surface area contributed by atoms with Crippen molar-refractivity contribution in [3.63, 3.8) is 0 Å². The fraction of sp³-hybridized carbons (Fsp3) is 0.588. The summed E-state index contributed by atoms with van der Waals surface area (Å²) in [7, 11) is 0. The van der Waals surface area contributed by atoms with Crippen LogP contribution in [-0.4, -0.2) is 22.4 Å². The summed E-state index contributed by atoms with van der Waals surface area (Å²) in [5.41, 5.74) is 0.675. The molecule has 1 aliphatic heterocycles. The van der Waals surface area contributed by atoms with Gasteiger partial charge in [-0.2, -0.15) is 0 Å². The molecule has 0 aromatic heterocycles. The van der Waals surface area contributed by atoms with Crippen molar-refractivity contribution in [2.45, 2.75) is 56.8 Å². The molecule has 4 heteroatoms. The predicted octanol–water partition coefficient (Wildman–Crippen LogP) is 2.98. The Morgan fingerprint density at radius 1 is 1.24 bits per heavy atom. The van der Waals surface area contributed by atoms with Gasteiger partial charge in [-0.1, -0.05) is 25.5 Å². The average molecular weight is 288 g/mol. The van der Waals surface area contributed by atoms with Crippen LogP contribution in [0.1, 0.15) is 50.8 Å². The first kappa shape index (κ1) is 13.3. The van der Waals surface area contributed by atoms with Gasteiger partial charge in [-0.15, -0.1) is 0 Å². The second-order valence-electron chi connectivity index (χ2n) is 6.87. The summed E-state index contributed by atoms with van der Waals surface area (Å²) in [5.74, 6) is 0.577. The highest BCUT2D eigenvalue weighted by atomic mass is 19.1. The molecule has 1 amide bonds. The van der Waals surface area contributed by atoms with Gasteiger partial charge in [0.25, 0.3) is 0 Å². The van der Waals surface area contributed by atoms with E-state index in [2.05, 4.69) is 17.1 Å². The van der Waals surface area contributed by atoms with Gasteiger partial charge >= 0.3 is 0 Å². The largest absolute Gasteiger partial charge is 0.318 e. The summed E-state index contributed by atoms with van der Waals surface area (Å²) >= 11 is 0. The molecule has 3 atom stereocenters. The maximum absolute atomic E-state index is 13.2. The molecule has 1 spiro atoms. The molecule has 3 aliphatic rings. The van der Waals surface area contributed by atoms with Crippen molar-refractivity contribution in [2.24, 2.45) is 5.92 Å². The zero-order valence-electron chi connectivity index (χ0n) is 12.3. The Bertz CT molecular complexity index is 567. The minimum absolute atomic E-state index is 0.0915. The van der Waals surface area contributed by atoms with Gasteiger partial charge in [-0.05, 0) is 49.3 Å². The third-order valence-electron chi connectivity index (χ3n) is 5.44. The predicted molar refractivity (Wildman–Crippen MR) is 77.9 cm³/mol. The molecular formula is C17H21FN2O. The SMILES string of the molecule is CC1CCCC1N1C(=O)C2(CC2)NC1c1ccc(F)cc1. The van der Waals surface area contributed by atoms with Crippen LogP contribution in [0.2, 0.25) is 0 Å². The van der Waals surface area contributed by atoms with E-state index in [0.29, 0.717) is 12.0 Å². The second kappa shape index (κ2) is 4.54. The van der Waals surface area contributed by atoms with Crippen LogP contribution in [0.25, 0.3) is 0 Å². The third kappa shape index (κ3) is 2.00. The number of carbonyl (C=O) groups excluding carboxylic acids is 1. The highest BCUT2D eigenvalue weighted by Gasteiger charge is 2.61. The van der Waals surface area contributed by atoms with E-state index in [4.69, 9.17) is 0 Å². The van der Waals surface area contributed by atoms with Gasteiger partial charge < -0.3 is 4.90 Å². The molecule has 1 N–H and O–H groups in total. The van der Waals surface area contributed by atoms with Gasteiger partial charge in [0.1, 0.15) is 17.5 Å². The molecule has 2 saturated carbocycles. The van der Waals surface area contributed by atoms with Gasteiger partial charge in [0.2, 0.25) is 5.91 Å². The van der Waals surface area contributed by atoms with E-state index in [1.807, 2.05) is 0 Å². The van der Waals surface area contributed by atoms with Crippen molar-refractivity contribution in [3.05, 3.63) is 35.6 Å². The van der Waals surface area contributed by atoms with Crippen molar-refractivity contribution in [1.82, 2.24) is 10.2 Å². The first-order valence-corrected chi connectivity index (χ1v) is 7.97. The molecule has 1 aromatic rings. The Labute approximate surface area is 124 Å². The summed E-state index contributed by atoms with van der Waals surface area (Å²) in [4.78, 5) is 14.9. The Morgan fingerprint density at radius 2 is 1.95 bits per heavy atom.